The second-order valence-corrected chi connectivity index (χ2v) is 5.56. The van der Waals surface area contributed by atoms with E-state index in [1.54, 1.807) is 0 Å². The average molecular weight is 260 g/mol. The predicted octanol–water partition coefficient (Wildman–Crippen LogP) is 4.13. The number of nitrogens with one attached hydrogen (secondary N) is 1. The molecule has 2 unspecified atom stereocenters. The topological polar surface area (TPSA) is 15.3 Å². The zero-order chi connectivity index (χ0) is 13.7. The van der Waals surface area contributed by atoms with Crippen LogP contribution < -0.4 is 10.2 Å². The van der Waals surface area contributed by atoms with E-state index in [-0.39, 0.29) is 0 Å². The highest BCUT2D eigenvalue weighted by atomic mass is 15.2. The van der Waals surface area contributed by atoms with Crippen molar-refractivity contribution in [2.75, 3.05) is 18.5 Å². The highest BCUT2D eigenvalue weighted by Crippen LogP contribution is 2.33. The van der Waals surface area contributed by atoms with Crippen molar-refractivity contribution < 1.29 is 0 Å². The van der Waals surface area contributed by atoms with Crippen molar-refractivity contribution in [3.8, 4) is 0 Å². The smallest absolute Gasteiger partial charge is 0.0417 e. The minimum atomic E-state index is 0.468. The van der Waals surface area contributed by atoms with Crippen LogP contribution in [-0.2, 0) is 0 Å². The van der Waals surface area contributed by atoms with E-state index < -0.39 is 0 Å². The van der Waals surface area contributed by atoms with Crippen LogP contribution in [0.15, 0.2) is 24.3 Å². The summed E-state index contributed by atoms with van der Waals surface area (Å²) in [5.74, 6) is 0. The van der Waals surface area contributed by atoms with Gasteiger partial charge in [-0.3, -0.25) is 0 Å². The van der Waals surface area contributed by atoms with Crippen LogP contribution in [0.4, 0.5) is 5.69 Å². The number of piperidine rings is 1. The van der Waals surface area contributed by atoms with Crippen LogP contribution >= 0.6 is 0 Å². The van der Waals surface area contributed by atoms with Gasteiger partial charge in [0, 0.05) is 24.3 Å². The maximum Gasteiger partial charge on any atom is 0.0417 e. The van der Waals surface area contributed by atoms with E-state index in [0.717, 1.165) is 12.5 Å². The zero-order valence-electron chi connectivity index (χ0n) is 12.7. The minimum absolute atomic E-state index is 0.468. The Kier molecular flexibility index (Phi) is 5.26. The lowest BCUT2D eigenvalue weighted by atomic mass is 9.95. The molecule has 0 amide bonds. The molecule has 2 atom stereocenters. The van der Waals surface area contributed by atoms with Gasteiger partial charge in [-0.15, -0.1) is 0 Å². The number of nitrogens with zero attached hydrogens (tertiary/aromatic N) is 1. The highest BCUT2D eigenvalue weighted by Gasteiger charge is 2.24. The molecule has 106 valence electrons. The molecule has 1 heterocycles. The molecule has 1 aliphatic rings. The number of anilines is 1. The Bertz CT molecular complexity index is 385. The quantitative estimate of drug-likeness (QED) is 0.856. The first-order chi connectivity index (χ1) is 9.31. The number of hydrogen-bond acceptors (Lipinski definition) is 2. The van der Waals surface area contributed by atoms with Crippen molar-refractivity contribution in [2.24, 2.45) is 0 Å². The Morgan fingerprint density at radius 1 is 1.26 bits per heavy atom. The molecule has 0 saturated carbocycles. The van der Waals surface area contributed by atoms with Crippen molar-refractivity contribution in [1.82, 2.24) is 5.32 Å². The Balaban J connectivity index is 2.32. The van der Waals surface area contributed by atoms with Crippen molar-refractivity contribution in [3.63, 3.8) is 0 Å². The second kappa shape index (κ2) is 6.95. The summed E-state index contributed by atoms with van der Waals surface area (Å²) in [6, 6.07) is 10.1. The fourth-order valence-electron chi connectivity index (χ4n) is 3.37. The summed E-state index contributed by atoms with van der Waals surface area (Å²) in [7, 11) is 2.07. The SMILES string of the molecule is CCC(NC)c1ccccc1N1CCCCC1CC. The van der Waals surface area contributed by atoms with Crippen LogP contribution in [0.5, 0.6) is 0 Å². The number of rotatable bonds is 5. The average Bonchev–Trinajstić information content (AvgIpc) is 2.49. The largest absolute Gasteiger partial charge is 0.368 e. The van der Waals surface area contributed by atoms with Crippen LogP contribution in [0, 0.1) is 0 Å². The first-order valence-electron chi connectivity index (χ1n) is 7.84. The molecule has 19 heavy (non-hydrogen) atoms. The summed E-state index contributed by atoms with van der Waals surface area (Å²) in [5.41, 5.74) is 2.92. The molecular formula is C17H28N2. The van der Waals surface area contributed by atoms with Gasteiger partial charge < -0.3 is 10.2 Å². The van der Waals surface area contributed by atoms with Gasteiger partial charge in [-0.2, -0.15) is 0 Å². The summed E-state index contributed by atoms with van der Waals surface area (Å²) in [6.45, 7) is 5.79. The summed E-state index contributed by atoms with van der Waals surface area (Å²) in [4.78, 5) is 2.65. The molecule has 2 nitrogen and oxygen atoms in total. The van der Waals surface area contributed by atoms with Crippen molar-refractivity contribution in [1.29, 1.82) is 0 Å². The van der Waals surface area contributed by atoms with Crippen molar-refractivity contribution in [3.05, 3.63) is 29.8 Å². The molecule has 0 bridgehead atoms. The maximum atomic E-state index is 3.45. The van der Waals surface area contributed by atoms with Gasteiger partial charge in [0.2, 0.25) is 0 Å². The third-order valence-corrected chi connectivity index (χ3v) is 4.48. The molecular weight excluding hydrogens is 232 g/mol. The lowest BCUT2D eigenvalue weighted by molar-refractivity contribution is 0.446. The van der Waals surface area contributed by atoms with E-state index >= 15 is 0 Å². The van der Waals surface area contributed by atoms with Gasteiger partial charge >= 0.3 is 0 Å². The molecule has 0 aliphatic carbocycles. The summed E-state index contributed by atoms with van der Waals surface area (Å²) in [5, 5.41) is 3.45. The highest BCUT2D eigenvalue weighted by molar-refractivity contribution is 5.56. The van der Waals surface area contributed by atoms with Gasteiger partial charge in [-0.25, -0.2) is 0 Å². The number of hydrogen-bond donors (Lipinski definition) is 1. The summed E-state index contributed by atoms with van der Waals surface area (Å²) < 4.78 is 0. The van der Waals surface area contributed by atoms with E-state index in [0.29, 0.717) is 6.04 Å². The van der Waals surface area contributed by atoms with E-state index in [4.69, 9.17) is 0 Å². The molecule has 0 radical (unpaired) electrons. The van der Waals surface area contributed by atoms with Crippen LogP contribution in [0.2, 0.25) is 0 Å². The Labute approximate surface area is 118 Å². The van der Waals surface area contributed by atoms with Crippen LogP contribution in [0.1, 0.15) is 57.6 Å². The molecule has 1 N–H and O–H groups in total. The molecule has 0 spiro atoms. The lowest BCUT2D eigenvalue weighted by Crippen LogP contribution is -2.40. The molecule has 0 aromatic heterocycles. The second-order valence-electron chi connectivity index (χ2n) is 5.56. The molecule has 2 rings (SSSR count). The maximum absolute atomic E-state index is 3.45. The van der Waals surface area contributed by atoms with Crippen LogP contribution in [0.25, 0.3) is 0 Å². The fourth-order valence-corrected chi connectivity index (χ4v) is 3.37. The van der Waals surface area contributed by atoms with E-state index in [1.807, 2.05) is 0 Å². The Hall–Kier alpha value is -1.02. The Morgan fingerprint density at radius 3 is 2.74 bits per heavy atom. The van der Waals surface area contributed by atoms with Gasteiger partial charge in [0.15, 0.2) is 0 Å². The van der Waals surface area contributed by atoms with Crippen molar-refractivity contribution >= 4 is 5.69 Å². The van der Waals surface area contributed by atoms with Gasteiger partial charge in [-0.1, -0.05) is 32.0 Å². The minimum Gasteiger partial charge on any atom is -0.368 e. The summed E-state index contributed by atoms with van der Waals surface area (Å²) >= 11 is 0. The third kappa shape index (κ3) is 3.11. The molecule has 2 heteroatoms. The van der Waals surface area contributed by atoms with Gasteiger partial charge in [0.1, 0.15) is 0 Å². The number of para-hydroxylation sites is 1. The standard InChI is InChI=1S/C17H28N2/c1-4-14-10-8-9-13-19(14)17-12-7-6-11-15(17)16(5-2)18-3/h6-7,11-12,14,16,18H,4-5,8-10,13H2,1-3H3. The fraction of sp³-hybridized carbons (Fsp3) is 0.647. The normalized spacial score (nSPS) is 21.4. The lowest BCUT2D eigenvalue weighted by Gasteiger charge is -2.39. The molecule has 1 fully saturated rings. The molecule has 1 saturated heterocycles. The molecule has 1 aliphatic heterocycles. The first-order valence-corrected chi connectivity index (χ1v) is 7.84. The summed E-state index contributed by atoms with van der Waals surface area (Å²) in [6.07, 6.45) is 6.46. The van der Waals surface area contributed by atoms with Crippen molar-refractivity contribution in [2.45, 2.75) is 58.0 Å². The molecule has 1 aromatic carbocycles. The van der Waals surface area contributed by atoms with E-state index in [1.165, 1.54) is 43.5 Å². The zero-order valence-corrected chi connectivity index (χ0v) is 12.7. The van der Waals surface area contributed by atoms with E-state index in [2.05, 4.69) is 55.4 Å². The van der Waals surface area contributed by atoms with Crippen LogP contribution in [-0.4, -0.2) is 19.6 Å². The van der Waals surface area contributed by atoms with Gasteiger partial charge in [0.05, 0.1) is 0 Å². The molecule has 1 aromatic rings. The van der Waals surface area contributed by atoms with Crippen LogP contribution in [0.3, 0.4) is 0 Å². The number of benzene rings is 1. The van der Waals surface area contributed by atoms with Gasteiger partial charge in [0.25, 0.3) is 0 Å². The van der Waals surface area contributed by atoms with E-state index in [9.17, 15) is 0 Å². The third-order valence-electron chi connectivity index (χ3n) is 4.48. The van der Waals surface area contributed by atoms with Gasteiger partial charge in [-0.05, 0) is 50.8 Å². The Morgan fingerprint density at radius 2 is 2.05 bits per heavy atom. The predicted molar refractivity (Wildman–Crippen MR) is 83.8 cm³/mol. The first kappa shape index (κ1) is 14.4. The monoisotopic (exact) mass is 260 g/mol.